The summed E-state index contributed by atoms with van der Waals surface area (Å²) < 4.78 is 10.4. The van der Waals surface area contributed by atoms with Crippen molar-refractivity contribution in [3.05, 3.63) is 63.8 Å². The Balaban J connectivity index is 2.20. The highest BCUT2D eigenvalue weighted by molar-refractivity contribution is 5.87. The maximum Gasteiger partial charge on any atom is 0.310 e. The van der Waals surface area contributed by atoms with Crippen LogP contribution in [0.15, 0.2) is 51.7 Å². The van der Waals surface area contributed by atoms with E-state index < -0.39 is 5.97 Å². The number of phenolic OH excluding ortho intramolecular Hbond substituents is 1. The van der Waals surface area contributed by atoms with Crippen molar-refractivity contribution in [3.8, 4) is 17.1 Å². The first-order valence-electron chi connectivity index (χ1n) is 7.41. The van der Waals surface area contributed by atoms with E-state index in [0.29, 0.717) is 11.3 Å². The molecule has 0 unspecified atom stereocenters. The van der Waals surface area contributed by atoms with E-state index in [-0.39, 0.29) is 28.6 Å². The van der Waals surface area contributed by atoms with Gasteiger partial charge in [-0.25, -0.2) is 0 Å². The van der Waals surface area contributed by atoms with Gasteiger partial charge in [-0.05, 0) is 18.6 Å². The maximum atomic E-state index is 12.5. The van der Waals surface area contributed by atoms with Crippen molar-refractivity contribution in [3.63, 3.8) is 0 Å². The highest BCUT2D eigenvalue weighted by Gasteiger charge is 2.15. The normalized spacial score (nSPS) is 10.8. The summed E-state index contributed by atoms with van der Waals surface area (Å²) in [6.45, 7) is 1.97. The van der Waals surface area contributed by atoms with Crippen LogP contribution in [0.4, 0.5) is 0 Å². The van der Waals surface area contributed by atoms with E-state index in [9.17, 15) is 14.7 Å². The van der Waals surface area contributed by atoms with Crippen molar-refractivity contribution in [1.29, 1.82) is 0 Å². The number of carbonyl (C=O) groups is 1. The lowest BCUT2D eigenvalue weighted by molar-refractivity contribution is -0.139. The number of hydrogen-bond donors (Lipinski definition) is 1. The van der Waals surface area contributed by atoms with Gasteiger partial charge in [0.2, 0.25) is 0 Å². The molecule has 0 aliphatic rings. The number of rotatable bonds is 3. The predicted molar refractivity (Wildman–Crippen MR) is 90.0 cm³/mol. The minimum absolute atomic E-state index is 0.0781. The quantitative estimate of drug-likeness (QED) is 0.749. The van der Waals surface area contributed by atoms with E-state index in [0.717, 1.165) is 11.1 Å². The van der Waals surface area contributed by atoms with Crippen LogP contribution >= 0.6 is 0 Å². The van der Waals surface area contributed by atoms with E-state index in [1.165, 1.54) is 25.3 Å². The minimum Gasteiger partial charge on any atom is -0.508 e. The van der Waals surface area contributed by atoms with Crippen molar-refractivity contribution in [2.45, 2.75) is 13.3 Å². The third-order valence-corrected chi connectivity index (χ3v) is 3.80. The van der Waals surface area contributed by atoms with Gasteiger partial charge >= 0.3 is 5.97 Å². The molecule has 0 saturated heterocycles. The van der Waals surface area contributed by atoms with Crippen molar-refractivity contribution in [2.75, 3.05) is 7.11 Å². The number of phenols is 1. The molecule has 0 spiro atoms. The van der Waals surface area contributed by atoms with E-state index in [1.54, 1.807) is 0 Å². The van der Waals surface area contributed by atoms with Crippen LogP contribution in [0.1, 0.15) is 11.1 Å². The fourth-order valence-corrected chi connectivity index (χ4v) is 2.58. The molecule has 0 fully saturated rings. The summed E-state index contributed by atoms with van der Waals surface area (Å²) in [5, 5.41) is 10.1. The van der Waals surface area contributed by atoms with Gasteiger partial charge in [0.05, 0.1) is 18.9 Å². The first-order chi connectivity index (χ1) is 11.5. The standard InChI is InChI=1S/C19H16O5/c1-11-3-5-12(6-4-11)16-10-15(21)19-13(8-18(22)23-2)7-14(20)9-17(19)24-16/h3-7,9-10,20H,8H2,1-2H3. The zero-order valence-corrected chi connectivity index (χ0v) is 13.3. The molecule has 1 aromatic heterocycles. The molecule has 0 atom stereocenters. The van der Waals surface area contributed by atoms with Crippen LogP contribution in [-0.4, -0.2) is 18.2 Å². The lowest BCUT2D eigenvalue weighted by Crippen LogP contribution is -2.09. The van der Waals surface area contributed by atoms with Gasteiger partial charge in [0.15, 0.2) is 5.43 Å². The minimum atomic E-state index is -0.496. The molecule has 3 aromatic rings. The van der Waals surface area contributed by atoms with Crippen molar-refractivity contribution >= 4 is 16.9 Å². The largest absolute Gasteiger partial charge is 0.508 e. The zero-order valence-electron chi connectivity index (χ0n) is 13.3. The van der Waals surface area contributed by atoms with Crippen LogP contribution in [0.5, 0.6) is 5.75 Å². The van der Waals surface area contributed by atoms with Crippen molar-refractivity contribution < 1.29 is 19.1 Å². The highest BCUT2D eigenvalue weighted by Crippen LogP contribution is 2.27. The van der Waals surface area contributed by atoms with Gasteiger partial charge in [-0.2, -0.15) is 0 Å². The van der Waals surface area contributed by atoms with Gasteiger partial charge in [-0.3, -0.25) is 9.59 Å². The Labute approximate surface area is 138 Å². The molecule has 0 aliphatic heterocycles. The number of fused-ring (bicyclic) bond motifs is 1. The van der Waals surface area contributed by atoms with Crippen molar-refractivity contribution in [2.24, 2.45) is 0 Å². The van der Waals surface area contributed by atoms with E-state index in [4.69, 9.17) is 4.42 Å². The number of ether oxygens (including phenoxy) is 1. The molecule has 2 aromatic carbocycles. The molecular formula is C19H16O5. The Bertz CT molecular complexity index is 967. The fourth-order valence-electron chi connectivity index (χ4n) is 2.58. The van der Waals surface area contributed by atoms with E-state index in [2.05, 4.69) is 4.74 Å². The molecule has 0 bridgehead atoms. The number of hydrogen-bond acceptors (Lipinski definition) is 5. The SMILES string of the molecule is COC(=O)Cc1cc(O)cc2oc(-c3ccc(C)cc3)cc(=O)c12. The topological polar surface area (TPSA) is 76.7 Å². The zero-order chi connectivity index (χ0) is 17.3. The lowest BCUT2D eigenvalue weighted by atomic mass is 10.0. The molecule has 1 heterocycles. The molecular weight excluding hydrogens is 308 g/mol. The number of benzene rings is 2. The summed E-state index contributed by atoms with van der Waals surface area (Å²) in [6.07, 6.45) is -0.115. The maximum absolute atomic E-state index is 12.5. The van der Waals surface area contributed by atoms with Crippen LogP contribution in [0, 0.1) is 6.92 Å². The van der Waals surface area contributed by atoms with Crippen LogP contribution < -0.4 is 5.43 Å². The van der Waals surface area contributed by atoms with E-state index in [1.807, 2.05) is 31.2 Å². The number of methoxy groups -OCH3 is 1. The average Bonchev–Trinajstić information content (AvgIpc) is 2.54. The summed E-state index contributed by atoms with van der Waals surface area (Å²) in [5.74, 6) is -0.170. The second-order valence-corrected chi connectivity index (χ2v) is 5.57. The highest BCUT2D eigenvalue weighted by atomic mass is 16.5. The van der Waals surface area contributed by atoms with Crippen LogP contribution in [-0.2, 0) is 16.0 Å². The Hall–Kier alpha value is -3.08. The number of aromatic hydroxyl groups is 1. The monoisotopic (exact) mass is 324 g/mol. The molecule has 24 heavy (non-hydrogen) atoms. The number of carbonyl (C=O) groups excluding carboxylic acids is 1. The molecule has 0 aliphatic carbocycles. The Kier molecular flexibility index (Phi) is 4.08. The third-order valence-electron chi connectivity index (χ3n) is 3.80. The second kappa shape index (κ2) is 6.20. The van der Waals surface area contributed by atoms with Crippen LogP contribution in [0.25, 0.3) is 22.3 Å². The molecule has 5 heteroatoms. The molecule has 0 saturated carbocycles. The summed E-state index contributed by atoms with van der Waals surface area (Å²) >= 11 is 0. The molecule has 5 nitrogen and oxygen atoms in total. The summed E-state index contributed by atoms with van der Waals surface area (Å²) in [6, 6.07) is 11.7. The first kappa shape index (κ1) is 15.8. The second-order valence-electron chi connectivity index (χ2n) is 5.57. The van der Waals surface area contributed by atoms with Gasteiger partial charge < -0.3 is 14.3 Å². The van der Waals surface area contributed by atoms with Crippen LogP contribution in [0.3, 0.4) is 0 Å². The first-order valence-corrected chi connectivity index (χ1v) is 7.41. The van der Waals surface area contributed by atoms with Gasteiger partial charge in [0.25, 0.3) is 0 Å². The predicted octanol–water partition coefficient (Wildman–Crippen LogP) is 3.19. The number of esters is 1. The number of aryl methyl sites for hydroxylation is 1. The van der Waals surface area contributed by atoms with Gasteiger partial charge in [-0.15, -0.1) is 0 Å². The summed E-state index contributed by atoms with van der Waals surface area (Å²) in [7, 11) is 1.27. The van der Waals surface area contributed by atoms with Gasteiger partial charge in [-0.1, -0.05) is 29.8 Å². The van der Waals surface area contributed by atoms with Crippen LogP contribution in [0.2, 0.25) is 0 Å². The molecule has 122 valence electrons. The average molecular weight is 324 g/mol. The molecule has 0 radical (unpaired) electrons. The van der Waals surface area contributed by atoms with Gasteiger partial charge in [0, 0.05) is 17.7 Å². The van der Waals surface area contributed by atoms with Crippen molar-refractivity contribution in [1.82, 2.24) is 0 Å². The van der Waals surface area contributed by atoms with Gasteiger partial charge in [0.1, 0.15) is 17.1 Å². The molecule has 3 rings (SSSR count). The Morgan fingerprint density at radius 2 is 1.88 bits per heavy atom. The smallest absolute Gasteiger partial charge is 0.310 e. The third kappa shape index (κ3) is 3.01. The Morgan fingerprint density at radius 3 is 2.54 bits per heavy atom. The Morgan fingerprint density at radius 1 is 1.17 bits per heavy atom. The van der Waals surface area contributed by atoms with E-state index >= 15 is 0 Å². The fraction of sp³-hybridized carbons (Fsp3) is 0.158. The summed E-state index contributed by atoms with van der Waals surface area (Å²) in [5.41, 5.74) is 2.20. The summed E-state index contributed by atoms with van der Waals surface area (Å²) in [4.78, 5) is 24.1. The molecule has 0 amide bonds. The molecule has 1 N–H and O–H groups in total. The lowest BCUT2D eigenvalue weighted by Gasteiger charge is -2.08.